The molecule has 0 saturated carbocycles. The summed E-state index contributed by atoms with van der Waals surface area (Å²) in [6, 6.07) is -0.382. The predicted octanol–water partition coefficient (Wildman–Crippen LogP) is 2.62. The van der Waals surface area contributed by atoms with Gasteiger partial charge in [0.15, 0.2) is 5.82 Å². The Morgan fingerprint density at radius 3 is 2.61 bits per heavy atom. The highest BCUT2D eigenvalue weighted by molar-refractivity contribution is 4.94. The molecule has 0 amide bonds. The molecule has 2 N–H and O–H groups in total. The molecule has 104 valence electrons. The first kappa shape index (κ1) is 15.1. The van der Waals surface area contributed by atoms with E-state index >= 15 is 0 Å². The normalized spacial score (nSPS) is 15.7. The van der Waals surface area contributed by atoms with Gasteiger partial charge in [0.1, 0.15) is 6.04 Å². The van der Waals surface area contributed by atoms with Crippen molar-refractivity contribution in [2.75, 3.05) is 0 Å². The maximum absolute atomic E-state index is 6.07. The van der Waals surface area contributed by atoms with E-state index in [0.717, 1.165) is 25.1 Å². The van der Waals surface area contributed by atoms with E-state index in [1.165, 1.54) is 0 Å². The second kappa shape index (κ2) is 6.29. The van der Waals surface area contributed by atoms with Gasteiger partial charge >= 0.3 is 0 Å². The molecule has 0 saturated heterocycles. The second-order valence-corrected chi connectivity index (χ2v) is 5.61. The number of aromatic nitrogens is 2. The van der Waals surface area contributed by atoms with Gasteiger partial charge in [-0.05, 0) is 34.1 Å². The summed E-state index contributed by atoms with van der Waals surface area (Å²) in [5, 5.41) is 3.93. The Kier molecular flexibility index (Phi) is 5.28. The van der Waals surface area contributed by atoms with E-state index in [0.29, 0.717) is 5.89 Å². The summed E-state index contributed by atoms with van der Waals surface area (Å²) in [4.78, 5) is 4.32. The Hall–Kier alpha value is -0.940. The van der Waals surface area contributed by atoms with Crippen LogP contribution < -0.4 is 5.73 Å². The molecular weight excluding hydrogens is 230 g/mol. The van der Waals surface area contributed by atoms with Crippen LogP contribution in [-0.4, -0.2) is 21.8 Å². The molecule has 0 spiro atoms. The molecule has 5 nitrogen and oxygen atoms in total. The van der Waals surface area contributed by atoms with Crippen LogP contribution in [0.4, 0.5) is 0 Å². The van der Waals surface area contributed by atoms with Gasteiger partial charge in [0.25, 0.3) is 0 Å². The molecule has 0 aromatic carbocycles. The standard InChI is InChI=1S/C13H25N3O2/c1-6-7-8-10-15-12(18-16-10)11(14)9(2)17-13(3,4)5/h9,11H,6-8,14H2,1-5H3/t9-,11+/m1/s1. The van der Waals surface area contributed by atoms with E-state index in [9.17, 15) is 0 Å². The summed E-state index contributed by atoms with van der Waals surface area (Å²) in [7, 11) is 0. The van der Waals surface area contributed by atoms with Crippen molar-refractivity contribution in [3.8, 4) is 0 Å². The molecule has 2 atom stereocenters. The first-order valence-corrected chi connectivity index (χ1v) is 6.59. The zero-order valence-electron chi connectivity index (χ0n) is 12.1. The van der Waals surface area contributed by atoms with Crippen LogP contribution in [0, 0.1) is 0 Å². The van der Waals surface area contributed by atoms with Crippen LogP contribution in [-0.2, 0) is 11.2 Å². The molecule has 0 aliphatic heterocycles. The largest absolute Gasteiger partial charge is 0.371 e. The van der Waals surface area contributed by atoms with Gasteiger partial charge in [0.2, 0.25) is 5.89 Å². The maximum Gasteiger partial charge on any atom is 0.246 e. The molecular formula is C13H25N3O2. The minimum Gasteiger partial charge on any atom is -0.371 e. The van der Waals surface area contributed by atoms with Crippen LogP contribution in [0.3, 0.4) is 0 Å². The third-order valence-electron chi connectivity index (χ3n) is 2.57. The molecule has 1 heterocycles. The van der Waals surface area contributed by atoms with Gasteiger partial charge < -0.3 is 15.0 Å². The lowest BCUT2D eigenvalue weighted by molar-refractivity contribution is -0.0652. The van der Waals surface area contributed by atoms with Gasteiger partial charge in [-0.3, -0.25) is 0 Å². The van der Waals surface area contributed by atoms with Crippen LogP contribution in [0.5, 0.6) is 0 Å². The van der Waals surface area contributed by atoms with E-state index in [1.54, 1.807) is 0 Å². The molecule has 0 aliphatic rings. The Balaban J connectivity index is 2.60. The fourth-order valence-electron chi connectivity index (χ4n) is 1.67. The van der Waals surface area contributed by atoms with Crippen LogP contribution in [0.25, 0.3) is 0 Å². The van der Waals surface area contributed by atoms with Gasteiger partial charge in [-0.15, -0.1) is 0 Å². The second-order valence-electron chi connectivity index (χ2n) is 5.61. The fourth-order valence-corrected chi connectivity index (χ4v) is 1.67. The van der Waals surface area contributed by atoms with Crippen molar-refractivity contribution < 1.29 is 9.26 Å². The first-order valence-electron chi connectivity index (χ1n) is 6.59. The number of nitrogens with zero attached hydrogens (tertiary/aromatic N) is 2. The number of hydrogen-bond donors (Lipinski definition) is 1. The molecule has 0 radical (unpaired) electrons. The fraction of sp³-hybridized carbons (Fsp3) is 0.846. The summed E-state index contributed by atoms with van der Waals surface area (Å²) >= 11 is 0. The van der Waals surface area contributed by atoms with Crippen molar-refractivity contribution in [3.63, 3.8) is 0 Å². The summed E-state index contributed by atoms with van der Waals surface area (Å²) in [6.45, 7) is 10.0. The summed E-state index contributed by atoms with van der Waals surface area (Å²) < 4.78 is 11.0. The summed E-state index contributed by atoms with van der Waals surface area (Å²) in [5.74, 6) is 1.18. The van der Waals surface area contributed by atoms with E-state index < -0.39 is 0 Å². The minimum absolute atomic E-state index is 0.163. The lowest BCUT2D eigenvalue weighted by atomic mass is 10.1. The van der Waals surface area contributed by atoms with Crippen molar-refractivity contribution in [1.29, 1.82) is 0 Å². The number of hydrogen-bond acceptors (Lipinski definition) is 5. The maximum atomic E-state index is 6.07. The zero-order valence-corrected chi connectivity index (χ0v) is 12.1. The van der Waals surface area contributed by atoms with Crippen LogP contribution in [0.2, 0.25) is 0 Å². The molecule has 1 rings (SSSR count). The van der Waals surface area contributed by atoms with Gasteiger partial charge in [-0.2, -0.15) is 4.98 Å². The molecule has 0 fully saturated rings. The zero-order chi connectivity index (χ0) is 13.8. The summed E-state index contributed by atoms with van der Waals surface area (Å²) in [6.07, 6.45) is 2.84. The van der Waals surface area contributed by atoms with E-state index in [2.05, 4.69) is 17.1 Å². The van der Waals surface area contributed by atoms with Gasteiger partial charge in [-0.1, -0.05) is 18.5 Å². The van der Waals surface area contributed by atoms with E-state index in [4.69, 9.17) is 15.0 Å². The number of aryl methyl sites for hydroxylation is 1. The average Bonchev–Trinajstić information content (AvgIpc) is 2.71. The Morgan fingerprint density at radius 2 is 2.06 bits per heavy atom. The van der Waals surface area contributed by atoms with Crippen molar-refractivity contribution in [2.24, 2.45) is 5.73 Å². The van der Waals surface area contributed by atoms with Crippen LogP contribution >= 0.6 is 0 Å². The first-order chi connectivity index (χ1) is 8.33. The predicted molar refractivity (Wildman–Crippen MR) is 70.1 cm³/mol. The topological polar surface area (TPSA) is 74.2 Å². The van der Waals surface area contributed by atoms with Gasteiger partial charge in [0, 0.05) is 6.42 Å². The third kappa shape index (κ3) is 4.74. The Morgan fingerprint density at radius 1 is 1.39 bits per heavy atom. The van der Waals surface area contributed by atoms with Gasteiger partial charge in [0.05, 0.1) is 11.7 Å². The third-order valence-corrected chi connectivity index (χ3v) is 2.57. The smallest absolute Gasteiger partial charge is 0.246 e. The lowest BCUT2D eigenvalue weighted by Crippen LogP contribution is -2.33. The average molecular weight is 255 g/mol. The monoisotopic (exact) mass is 255 g/mol. The molecule has 5 heteroatoms. The van der Waals surface area contributed by atoms with Gasteiger partial charge in [-0.25, -0.2) is 0 Å². The van der Waals surface area contributed by atoms with E-state index in [1.807, 2.05) is 27.7 Å². The number of rotatable bonds is 6. The minimum atomic E-state index is -0.382. The molecule has 0 unspecified atom stereocenters. The molecule has 1 aromatic rings. The molecule has 0 aliphatic carbocycles. The van der Waals surface area contributed by atoms with E-state index in [-0.39, 0.29) is 17.7 Å². The van der Waals surface area contributed by atoms with Crippen LogP contribution in [0.1, 0.15) is 65.2 Å². The lowest BCUT2D eigenvalue weighted by Gasteiger charge is -2.27. The Bertz CT molecular complexity index is 357. The van der Waals surface area contributed by atoms with Crippen molar-refractivity contribution in [1.82, 2.24) is 10.1 Å². The highest BCUT2D eigenvalue weighted by Gasteiger charge is 2.25. The quantitative estimate of drug-likeness (QED) is 0.845. The van der Waals surface area contributed by atoms with Crippen molar-refractivity contribution in [2.45, 2.75) is 71.6 Å². The highest BCUT2D eigenvalue weighted by atomic mass is 16.5. The molecule has 1 aromatic heterocycles. The van der Waals surface area contributed by atoms with Crippen molar-refractivity contribution >= 4 is 0 Å². The molecule has 0 bridgehead atoms. The highest BCUT2D eigenvalue weighted by Crippen LogP contribution is 2.20. The Labute approximate surface area is 109 Å². The van der Waals surface area contributed by atoms with Crippen LogP contribution in [0.15, 0.2) is 4.52 Å². The van der Waals surface area contributed by atoms with Crippen molar-refractivity contribution in [3.05, 3.63) is 11.7 Å². The summed E-state index contributed by atoms with van der Waals surface area (Å²) in [5.41, 5.74) is 5.83. The SMILES string of the molecule is CCCCc1noc([C@@H](N)[C@@H](C)OC(C)(C)C)n1. The number of nitrogens with two attached hydrogens (primary N) is 1. The molecule has 18 heavy (non-hydrogen) atoms. The number of unbranched alkanes of at least 4 members (excludes halogenated alkanes) is 1. The number of ether oxygens (including phenoxy) is 1.